The molecule has 0 fully saturated rings. The first kappa shape index (κ1) is 11.0. The van der Waals surface area contributed by atoms with Gasteiger partial charge in [-0.25, -0.2) is 4.98 Å². The number of hydrogen-bond acceptors (Lipinski definition) is 2. The van der Waals surface area contributed by atoms with Crippen LogP contribution in [0.15, 0.2) is 24.5 Å². The monoisotopic (exact) mass is 237 g/mol. The highest BCUT2D eigenvalue weighted by Gasteiger charge is 2.09. The fraction of sp³-hybridized carbons (Fsp3) is 0.273. The Bertz CT molecular complexity index is 533. The van der Waals surface area contributed by atoms with Crippen LogP contribution in [0.5, 0.6) is 0 Å². The van der Waals surface area contributed by atoms with Crippen LogP contribution >= 0.6 is 11.6 Å². The van der Waals surface area contributed by atoms with Gasteiger partial charge in [0.2, 0.25) is 5.91 Å². The lowest BCUT2D eigenvalue weighted by atomic mass is 10.3. The molecule has 0 radical (unpaired) electrons. The van der Waals surface area contributed by atoms with Crippen LogP contribution in [0.4, 0.5) is 0 Å². The van der Waals surface area contributed by atoms with Gasteiger partial charge in [-0.15, -0.1) is 0 Å². The van der Waals surface area contributed by atoms with Crippen molar-refractivity contribution in [2.75, 3.05) is 14.1 Å². The highest BCUT2D eigenvalue weighted by atomic mass is 35.5. The summed E-state index contributed by atoms with van der Waals surface area (Å²) in [5.41, 5.74) is 1.55. The number of amides is 1. The third-order valence-corrected chi connectivity index (χ3v) is 2.52. The van der Waals surface area contributed by atoms with Crippen LogP contribution in [0.3, 0.4) is 0 Å². The van der Waals surface area contributed by atoms with E-state index in [-0.39, 0.29) is 5.91 Å². The number of carbonyl (C=O) groups is 1. The first-order valence-electron chi connectivity index (χ1n) is 4.89. The average Bonchev–Trinajstić information content (AvgIpc) is 2.58. The van der Waals surface area contributed by atoms with E-state index in [9.17, 15) is 4.79 Å². The Kier molecular flexibility index (Phi) is 2.83. The molecule has 0 aliphatic rings. The predicted molar refractivity (Wildman–Crippen MR) is 62.6 cm³/mol. The van der Waals surface area contributed by atoms with Crippen molar-refractivity contribution in [1.29, 1.82) is 0 Å². The predicted octanol–water partition coefficient (Wildman–Crippen LogP) is 1.62. The van der Waals surface area contributed by atoms with Crippen molar-refractivity contribution < 1.29 is 4.79 Å². The number of nitrogens with zero attached hydrogens (tertiary/aromatic N) is 3. The SMILES string of the molecule is CN(C)C(=O)Cc1cn2cc(Cl)ccc2n1. The molecule has 2 rings (SSSR count). The van der Waals surface area contributed by atoms with Gasteiger partial charge in [-0.2, -0.15) is 0 Å². The van der Waals surface area contributed by atoms with Crippen molar-refractivity contribution in [3.05, 3.63) is 35.2 Å². The number of aromatic nitrogens is 2. The van der Waals surface area contributed by atoms with E-state index in [1.807, 2.05) is 16.7 Å². The first-order valence-corrected chi connectivity index (χ1v) is 5.27. The van der Waals surface area contributed by atoms with Crippen LogP contribution in [0.1, 0.15) is 5.69 Å². The minimum Gasteiger partial charge on any atom is -0.348 e. The van der Waals surface area contributed by atoms with E-state index in [0.717, 1.165) is 11.3 Å². The normalized spacial score (nSPS) is 10.7. The van der Waals surface area contributed by atoms with Gasteiger partial charge in [-0.3, -0.25) is 4.79 Å². The van der Waals surface area contributed by atoms with Crippen molar-refractivity contribution in [1.82, 2.24) is 14.3 Å². The lowest BCUT2D eigenvalue weighted by Gasteiger charge is -2.07. The number of halogens is 1. The fourth-order valence-electron chi connectivity index (χ4n) is 1.42. The van der Waals surface area contributed by atoms with Crippen LogP contribution < -0.4 is 0 Å². The largest absolute Gasteiger partial charge is 0.348 e. The number of imidazole rings is 1. The van der Waals surface area contributed by atoms with Crippen molar-refractivity contribution >= 4 is 23.2 Å². The molecular formula is C11H12ClN3O. The number of hydrogen-bond donors (Lipinski definition) is 0. The van der Waals surface area contributed by atoms with Crippen LogP contribution in [0.25, 0.3) is 5.65 Å². The maximum absolute atomic E-state index is 11.5. The molecule has 0 bridgehead atoms. The highest BCUT2D eigenvalue weighted by Crippen LogP contribution is 2.12. The molecule has 2 heterocycles. The standard InChI is InChI=1S/C11H12ClN3O/c1-14(2)11(16)5-9-7-15-6-8(12)3-4-10(15)13-9/h3-4,6-7H,5H2,1-2H3. The van der Waals surface area contributed by atoms with E-state index in [2.05, 4.69) is 4.98 Å². The van der Waals surface area contributed by atoms with E-state index >= 15 is 0 Å². The van der Waals surface area contributed by atoms with Gasteiger partial charge in [0, 0.05) is 26.5 Å². The molecule has 0 aliphatic heterocycles. The molecule has 0 atom stereocenters. The summed E-state index contributed by atoms with van der Waals surface area (Å²) in [6.07, 6.45) is 3.91. The molecule has 0 saturated heterocycles. The molecule has 4 nitrogen and oxygen atoms in total. The quantitative estimate of drug-likeness (QED) is 0.796. The summed E-state index contributed by atoms with van der Waals surface area (Å²) in [4.78, 5) is 17.4. The fourth-order valence-corrected chi connectivity index (χ4v) is 1.58. The number of fused-ring (bicyclic) bond motifs is 1. The van der Waals surface area contributed by atoms with E-state index < -0.39 is 0 Å². The van der Waals surface area contributed by atoms with E-state index in [0.29, 0.717) is 11.4 Å². The number of pyridine rings is 1. The molecule has 0 aromatic carbocycles. The smallest absolute Gasteiger partial charge is 0.228 e. The number of likely N-dealkylation sites (N-methyl/N-ethyl adjacent to an activating group) is 1. The lowest BCUT2D eigenvalue weighted by molar-refractivity contribution is -0.128. The molecule has 5 heteroatoms. The van der Waals surface area contributed by atoms with Gasteiger partial charge in [0.1, 0.15) is 5.65 Å². The lowest BCUT2D eigenvalue weighted by Crippen LogP contribution is -2.23. The van der Waals surface area contributed by atoms with Crippen LogP contribution in [-0.2, 0) is 11.2 Å². The second-order valence-electron chi connectivity index (χ2n) is 3.81. The molecule has 0 spiro atoms. The Hall–Kier alpha value is -1.55. The summed E-state index contributed by atoms with van der Waals surface area (Å²) in [7, 11) is 3.46. The number of rotatable bonds is 2. The van der Waals surface area contributed by atoms with Crippen molar-refractivity contribution in [3.63, 3.8) is 0 Å². The third kappa shape index (κ3) is 2.17. The Morgan fingerprint density at radius 2 is 2.19 bits per heavy atom. The maximum Gasteiger partial charge on any atom is 0.228 e. The average molecular weight is 238 g/mol. The molecule has 2 aromatic heterocycles. The molecule has 0 N–H and O–H groups in total. The Balaban J connectivity index is 2.29. The van der Waals surface area contributed by atoms with E-state index in [1.54, 1.807) is 31.3 Å². The number of carbonyl (C=O) groups excluding carboxylic acids is 1. The van der Waals surface area contributed by atoms with Gasteiger partial charge in [-0.05, 0) is 12.1 Å². The van der Waals surface area contributed by atoms with E-state index in [1.165, 1.54) is 0 Å². The highest BCUT2D eigenvalue weighted by molar-refractivity contribution is 6.30. The summed E-state index contributed by atoms with van der Waals surface area (Å²) >= 11 is 5.86. The summed E-state index contributed by atoms with van der Waals surface area (Å²) < 4.78 is 1.82. The van der Waals surface area contributed by atoms with Gasteiger partial charge in [-0.1, -0.05) is 11.6 Å². The minimum atomic E-state index is 0.0366. The second kappa shape index (κ2) is 4.14. The zero-order chi connectivity index (χ0) is 11.7. The van der Waals surface area contributed by atoms with E-state index in [4.69, 9.17) is 11.6 Å². The topological polar surface area (TPSA) is 37.6 Å². The molecule has 84 valence electrons. The summed E-state index contributed by atoms with van der Waals surface area (Å²) in [6.45, 7) is 0. The van der Waals surface area contributed by atoms with Crippen LogP contribution in [-0.4, -0.2) is 34.3 Å². The Morgan fingerprint density at radius 3 is 2.88 bits per heavy atom. The molecule has 16 heavy (non-hydrogen) atoms. The second-order valence-corrected chi connectivity index (χ2v) is 4.25. The van der Waals surface area contributed by atoms with Crippen LogP contribution in [0, 0.1) is 0 Å². The third-order valence-electron chi connectivity index (χ3n) is 2.30. The molecule has 1 amide bonds. The van der Waals surface area contributed by atoms with Crippen molar-refractivity contribution in [3.8, 4) is 0 Å². The molecule has 2 aromatic rings. The molecular weight excluding hydrogens is 226 g/mol. The van der Waals surface area contributed by atoms with Gasteiger partial charge >= 0.3 is 0 Å². The van der Waals surface area contributed by atoms with Gasteiger partial charge in [0.15, 0.2) is 0 Å². The minimum absolute atomic E-state index is 0.0366. The van der Waals surface area contributed by atoms with Crippen molar-refractivity contribution in [2.45, 2.75) is 6.42 Å². The zero-order valence-electron chi connectivity index (χ0n) is 9.14. The molecule has 0 unspecified atom stereocenters. The summed E-state index contributed by atoms with van der Waals surface area (Å²) in [5.74, 6) is 0.0366. The molecule has 0 saturated carbocycles. The van der Waals surface area contributed by atoms with Gasteiger partial charge in [0.25, 0.3) is 0 Å². The maximum atomic E-state index is 11.5. The van der Waals surface area contributed by atoms with Gasteiger partial charge in [0.05, 0.1) is 17.1 Å². The summed E-state index contributed by atoms with van der Waals surface area (Å²) in [5, 5.41) is 0.649. The first-order chi connectivity index (χ1) is 7.56. The summed E-state index contributed by atoms with van der Waals surface area (Å²) in [6, 6.07) is 3.60. The zero-order valence-corrected chi connectivity index (χ0v) is 9.90. The van der Waals surface area contributed by atoms with Gasteiger partial charge < -0.3 is 9.30 Å². The Morgan fingerprint density at radius 1 is 1.44 bits per heavy atom. The Labute approximate surface area is 98.5 Å². The van der Waals surface area contributed by atoms with Crippen LogP contribution in [0.2, 0.25) is 5.02 Å². The molecule has 0 aliphatic carbocycles. The van der Waals surface area contributed by atoms with Crippen molar-refractivity contribution in [2.24, 2.45) is 0 Å².